The van der Waals surface area contributed by atoms with Crippen molar-refractivity contribution in [2.45, 2.75) is 103 Å². The third-order valence-corrected chi connectivity index (χ3v) is 12.1. The highest BCUT2D eigenvalue weighted by Gasteiger charge is 2.42. The average molecular weight is 512 g/mol. The molecule has 1 aliphatic rings. The van der Waals surface area contributed by atoms with E-state index in [0.717, 1.165) is 31.2 Å². The number of unbranched alkanes of at least 4 members (excludes halogenated alkanes) is 1. The van der Waals surface area contributed by atoms with Crippen molar-refractivity contribution < 1.29 is 19.1 Å². The summed E-state index contributed by atoms with van der Waals surface area (Å²) in [6, 6.07) is 7.52. The standard InChI is InChI=1S/C27H46ClNO4Si/c1-25(2,3)33-24(30)29-17-12-14-22(20-29)27(31,21-13-11-15-23(28)19-21)16-9-10-18-32-34(7,8)26(4,5)6/h11,13,15,19,22,31H,9-10,12,14,16-18,20H2,1-8H3. The van der Waals surface area contributed by atoms with Crippen LogP contribution < -0.4 is 0 Å². The Morgan fingerprint density at radius 2 is 1.85 bits per heavy atom. The number of ether oxygens (including phenoxy) is 1. The van der Waals surface area contributed by atoms with E-state index in [4.69, 9.17) is 20.8 Å². The predicted molar refractivity (Wildman–Crippen MR) is 143 cm³/mol. The van der Waals surface area contributed by atoms with Gasteiger partial charge >= 0.3 is 6.09 Å². The number of rotatable bonds is 8. The van der Waals surface area contributed by atoms with Crippen LogP contribution in [-0.2, 0) is 14.8 Å². The van der Waals surface area contributed by atoms with Gasteiger partial charge in [-0.05, 0) is 88.7 Å². The number of piperidine rings is 1. The zero-order valence-corrected chi connectivity index (χ0v) is 24.3. The van der Waals surface area contributed by atoms with Crippen molar-refractivity contribution in [2.24, 2.45) is 5.92 Å². The van der Waals surface area contributed by atoms with Crippen LogP contribution in [0.15, 0.2) is 24.3 Å². The first-order chi connectivity index (χ1) is 15.6. The number of hydrogen-bond acceptors (Lipinski definition) is 4. The van der Waals surface area contributed by atoms with Crippen LogP contribution in [0.5, 0.6) is 0 Å². The maximum absolute atomic E-state index is 12.7. The summed E-state index contributed by atoms with van der Waals surface area (Å²) < 4.78 is 11.9. The molecular formula is C27H46ClNO4Si. The molecule has 2 unspecified atom stereocenters. The highest BCUT2D eigenvalue weighted by molar-refractivity contribution is 6.74. The van der Waals surface area contributed by atoms with Crippen molar-refractivity contribution in [3.05, 3.63) is 34.9 Å². The number of carbonyl (C=O) groups excluding carboxylic acids is 1. The third-order valence-electron chi connectivity index (χ3n) is 7.29. The number of aliphatic hydroxyl groups is 1. The first-order valence-corrected chi connectivity index (χ1v) is 15.9. The van der Waals surface area contributed by atoms with E-state index in [-0.39, 0.29) is 17.0 Å². The number of hydrogen-bond donors (Lipinski definition) is 1. The average Bonchev–Trinajstić information content (AvgIpc) is 2.71. The molecule has 2 atom stereocenters. The molecule has 1 fully saturated rings. The van der Waals surface area contributed by atoms with Crippen LogP contribution in [0.1, 0.15) is 79.2 Å². The lowest BCUT2D eigenvalue weighted by atomic mass is 9.74. The predicted octanol–water partition coefficient (Wildman–Crippen LogP) is 7.37. The Hall–Kier alpha value is -1.08. The zero-order valence-electron chi connectivity index (χ0n) is 22.5. The van der Waals surface area contributed by atoms with Crippen LogP contribution in [0.25, 0.3) is 0 Å². The van der Waals surface area contributed by atoms with Gasteiger partial charge in [0.25, 0.3) is 0 Å². The van der Waals surface area contributed by atoms with Crippen LogP contribution in [0, 0.1) is 5.92 Å². The second-order valence-electron chi connectivity index (χ2n) is 12.3. The second-order valence-corrected chi connectivity index (χ2v) is 17.5. The number of carbonyl (C=O) groups is 1. The Morgan fingerprint density at radius 1 is 1.18 bits per heavy atom. The highest BCUT2D eigenvalue weighted by Crippen LogP contribution is 2.41. The van der Waals surface area contributed by atoms with Crippen molar-refractivity contribution in [1.29, 1.82) is 0 Å². The van der Waals surface area contributed by atoms with E-state index in [1.54, 1.807) is 4.90 Å². The van der Waals surface area contributed by atoms with Crippen molar-refractivity contribution >= 4 is 26.0 Å². The Balaban J connectivity index is 2.12. The Kier molecular flexibility index (Phi) is 9.70. The van der Waals surface area contributed by atoms with Gasteiger partial charge in [-0.25, -0.2) is 4.79 Å². The first kappa shape index (κ1) is 29.1. The van der Waals surface area contributed by atoms with Crippen LogP contribution >= 0.6 is 11.6 Å². The van der Waals surface area contributed by atoms with Gasteiger partial charge in [-0.2, -0.15) is 0 Å². The Labute approximate surface area is 213 Å². The molecule has 1 aromatic carbocycles. The molecule has 2 rings (SSSR count). The maximum Gasteiger partial charge on any atom is 0.410 e. The van der Waals surface area contributed by atoms with Crippen LogP contribution in [0.2, 0.25) is 23.2 Å². The largest absolute Gasteiger partial charge is 0.444 e. The Bertz CT molecular complexity index is 818. The van der Waals surface area contributed by atoms with Crippen molar-refractivity contribution in [3.8, 4) is 0 Å². The van der Waals surface area contributed by atoms with Gasteiger partial charge in [0.15, 0.2) is 8.32 Å². The third kappa shape index (κ3) is 7.97. The lowest BCUT2D eigenvalue weighted by Crippen LogP contribution is -2.49. The molecule has 0 bridgehead atoms. The molecule has 1 aliphatic heterocycles. The molecule has 0 saturated carbocycles. The molecule has 1 saturated heterocycles. The molecule has 194 valence electrons. The zero-order chi connectivity index (χ0) is 25.8. The van der Waals surface area contributed by atoms with Gasteiger partial charge in [0.2, 0.25) is 0 Å². The number of amides is 1. The van der Waals surface area contributed by atoms with Gasteiger partial charge in [0, 0.05) is 30.6 Å². The lowest BCUT2D eigenvalue weighted by Gasteiger charge is -2.43. The molecule has 1 heterocycles. The minimum Gasteiger partial charge on any atom is -0.444 e. The van der Waals surface area contributed by atoms with E-state index in [2.05, 4.69) is 33.9 Å². The molecule has 1 amide bonds. The molecule has 1 N–H and O–H groups in total. The van der Waals surface area contributed by atoms with Gasteiger partial charge in [-0.1, -0.05) is 44.5 Å². The van der Waals surface area contributed by atoms with Crippen LogP contribution in [0.3, 0.4) is 0 Å². The lowest BCUT2D eigenvalue weighted by molar-refractivity contribution is -0.0640. The van der Waals surface area contributed by atoms with Gasteiger partial charge in [-0.3, -0.25) is 0 Å². The monoisotopic (exact) mass is 511 g/mol. The van der Waals surface area contributed by atoms with E-state index >= 15 is 0 Å². The molecule has 0 aromatic heterocycles. The van der Waals surface area contributed by atoms with Crippen LogP contribution in [-0.4, -0.2) is 49.7 Å². The maximum atomic E-state index is 12.7. The molecule has 34 heavy (non-hydrogen) atoms. The van der Waals surface area contributed by atoms with Gasteiger partial charge < -0.3 is 19.2 Å². The highest BCUT2D eigenvalue weighted by atomic mass is 35.5. The van der Waals surface area contributed by atoms with Gasteiger partial charge in [0.05, 0.1) is 5.60 Å². The summed E-state index contributed by atoms with van der Waals surface area (Å²) in [5.41, 5.74) is -0.790. The molecule has 0 aliphatic carbocycles. The minimum absolute atomic E-state index is 0.0893. The van der Waals surface area contributed by atoms with Gasteiger partial charge in [0.1, 0.15) is 5.60 Å². The van der Waals surface area contributed by atoms with Crippen molar-refractivity contribution in [3.63, 3.8) is 0 Å². The molecule has 7 heteroatoms. The van der Waals surface area contributed by atoms with E-state index in [1.165, 1.54) is 0 Å². The molecular weight excluding hydrogens is 466 g/mol. The number of likely N-dealkylation sites (tertiary alicyclic amines) is 1. The molecule has 5 nitrogen and oxygen atoms in total. The first-order valence-electron chi connectivity index (χ1n) is 12.7. The summed E-state index contributed by atoms with van der Waals surface area (Å²) in [6.07, 6.45) is 3.69. The SMILES string of the molecule is CC(C)(C)OC(=O)N1CCCC(C(O)(CCCCO[Si](C)(C)C(C)(C)C)c2cccc(Cl)c2)C1. The smallest absolute Gasteiger partial charge is 0.410 e. The van der Waals surface area contributed by atoms with Gasteiger partial charge in [-0.15, -0.1) is 0 Å². The summed E-state index contributed by atoms with van der Waals surface area (Å²) in [5.74, 6) is -0.0893. The normalized spacial score (nSPS) is 19.6. The van der Waals surface area contributed by atoms with E-state index in [0.29, 0.717) is 31.1 Å². The van der Waals surface area contributed by atoms with E-state index in [9.17, 15) is 9.90 Å². The second kappa shape index (κ2) is 11.3. The van der Waals surface area contributed by atoms with Crippen molar-refractivity contribution in [2.75, 3.05) is 19.7 Å². The fourth-order valence-corrected chi connectivity index (χ4v) is 5.52. The van der Waals surface area contributed by atoms with E-state index in [1.807, 2.05) is 45.0 Å². The number of halogens is 1. The summed E-state index contributed by atoms with van der Waals surface area (Å²) in [7, 11) is -1.78. The fraction of sp³-hybridized carbons (Fsp3) is 0.741. The summed E-state index contributed by atoms with van der Waals surface area (Å²) >= 11 is 6.31. The van der Waals surface area contributed by atoms with Crippen LogP contribution in [0.4, 0.5) is 4.79 Å². The summed E-state index contributed by atoms with van der Waals surface area (Å²) in [6.45, 7) is 18.7. The summed E-state index contributed by atoms with van der Waals surface area (Å²) in [4.78, 5) is 14.5. The van der Waals surface area contributed by atoms with Crippen molar-refractivity contribution in [1.82, 2.24) is 4.90 Å². The topological polar surface area (TPSA) is 59.0 Å². The molecule has 0 radical (unpaired) electrons. The van der Waals surface area contributed by atoms with E-state index < -0.39 is 19.5 Å². The molecule has 1 aromatic rings. The quantitative estimate of drug-likeness (QED) is 0.292. The minimum atomic E-state index is -1.78. The fourth-order valence-electron chi connectivity index (χ4n) is 4.24. The number of benzene rings is 1. The Morgan fingerprint density at radius 3 is 2.44 bits per heavy atom. The number of nitrogens with zero attached hydrogens (tertiary/aromatic N) is 1. The summed E-state index contributed by atoms with van der Waals surface area (Å²) in [5, 5.41) is 12.9. The molecule has 0 spiro atoms.